The fourth-order valence-corrected chi connectivity index (χ4v) is 2.37. The molecule has 3 heteroatoms. The molecule has 1 N–H and O–H groups in total. The second kappa shape index (κ2) is 7.49. The van der Waals surface area contributed by atoms with Gasteiger partial charge in [-0.15, -0.1) is 0 Å². The van der Waals surface area contributed by atoms with Crippen LogP contribution in [0.3, 0.4) is 0 Å². The minimum Gasteiger partial charge on any atom is -0.368 e. The maximum atomic E-state index is 4.46. The van der Waals surface area contributed by atoms with Gasteiger partial charge in [-0.2, -0.15) is 0 Å². The van der Waals surface area contributed by atoms with E-state index in [0.29, 0.717) is 0 Å². The number of rotatable bonds is 9. The predicted octanol–water partition coefficient (Wildman–Crippen LogP) is 3.35. The maximum Gasteiger partial charge on any atom is 0.0562 e. The van der Waals surface area contributed by atoms with E-state index in [9.17, 15) is 0 Å². The largest absolute Gasteiger partial charge is 0.368 e. The first-order chi connectivity index (χ1) is 9.35. The van der Waals surface area contributed by atoms with Crippen molar-refractivity contribution in [2.45, 2.75) is 58.5 Å². The molecule has 19 heavy (non-hydrogen) atoms. The Morgan fingerprint density at radius 3 is 2.84 bits per heavy atom. The van der Waals surface area contributed by atoms with Gasteiger partial charge in [-0.05, 0) is 44.4 Å². The molecule has 0 spiro atoms. The maximum absolute atomic E-state index is 4.46. The molecule has 1 saturated carbocycles. The topological polar surface area (TPSA) is 28.2 Å². The molecule has 0 bridgehead atoms. The van der Waals surface area contributed by atoms with Gasteiger partial charge in [0.05, 0.1) is 5.69 Å². The molecule has 1 aliphatic rings. The van der Waals surface area contributed by atoms with Crippen molar-refractivity contribution < 1.29 is 0 Å². The van der Waals surface area contributed by atoms with Crippen LogP contribution in [0.1, 0.15) is 51.6 Å². The first-order valence-electron chi connectivity index (χ1n) is 7.77. The van der Waals surface area contributed by atoms with E-state index in [0.717, 1.165) is 24.8 Å². The van der Waals surface area contributed by atoms with E-state index in [1.165, 1.54) is 44.3 Å². The zero-order valence-corrected chi connectivity index (χ0v) is 12.4. The number of nitrogens with one attached hydrogen (secondary N) is 1. The van der Waals surface area contributed by atoms with Crippen molar-refractivity contribution in [3.8, 4) is 0 Å². The highest BCUT2D eigenvalue weighted by molar-refractivity contribution is 5.48. The summed E-state index contributed by atoms with van der Waals surface area (Å²) in [7, 11) is 0. The molecule has 0 radical (unpaired) electrons. The number of anilines is 1. The lowest BCUT2D eigenvalue weighted by Crippen LogP contribution is -2.27. The number of nitrogens with zero attached hydrogens (tertiary/aromatic N) is 2. The average Bonchev–Trinajstić information content (AvgIpc) is 3.25. The van der Waals surface area contributed by atoms with Gasteiger partial charge in [-0.25, -0.2) is 0 Å². The lowest BCUT2D eigenvalue weighted by Gasteiger charge is -2.25. The summed E-state index contributed by atoms with van der Waals surface area (Å²) in [6, 6.07) is 5.21. The fourth-order valence-electron chi connectivity index (χ4n) is 2.37. The molecule has 106 valence electrons. The van der Waals surface area contributed by atoms with Crippen molar-refractivity contribution in [3.63, 3.8) is 0 Å². The minimum atomic E-state index is 0.783. The van der Waals surface area contributed by atoms with E-state index < -0.39 is 0 Å². The minimum absolute atomic E-state index is 0.783. The summed E-state index contributed by atoms with van der Waals surface area (Å²) in [4.78, 5) is 7.04. The number of hydrogen-bond acceptors (Lipinski definition) is 3. The smallest absolute Gasteiger partial charge is 0.0562 e. The summed E-state index contributed by atoms with van der Waals surface area (Å²) in [5.74, 6) is 0. The summed E-state index contributed by atoms with van der Waals surface area (Å²) in [6.07, 6.45) is 8.39. The molecule has 0 atom stereocenters. The van der Waals surface area contributed by atoms with Gasteiger partial charge in [0.25, 0.3) is 0 Å². The molecule has 1 heterocycles. The molecular formula is C16H27N3. The third-order valence-electron chi connectivity index (χ3n) is 3.60. The Kier molecular flexibility index (Phi) is 5.64. The molecule has 3 nitrogen and oxygen atoms in total. The summed E-state index contributed by atoms with van der Waals surface area (Å²) < 4.78 is 0. The van der Waals surface area contributed by atoms with E-state index >= 15 is 0 Å². The Labute approximate surface area is 117 Å². The van der Waals surface area contributed by atoms with Crippen LogP contribution < -0.4 is 10.2 Å². The van der Waals surface area contributed by atoms with Gasteiger partial charge >= 0.3 is 0 Å². The van der Waals surface area contributed by atoms with E-state index in [2.05, 4.69) is 41.2 Å². The van der Waals surface area contributed by atoms with E-state index in [1.54, 1.807) is 0 Å². The van der Waals surface area contributed by atoms with E-state index in [1.807, 2.05) is 6.20 Å². The van der Waals surface area contributed by atoms with Crippen LogP contribution in [0.4, 0.5) is 5.69 Å². The molecule has 0 aliphatic heterocycles. The SMILES string of the molecule is CCCCN(c1ccnc(CNCCC)c1)C1CC1. The first-order valence-corrected chi connectivity index (χ1v) is 7.77. The van der Waals surface area contributed by atoms with Gasteiger partial charge in [0.1, 0.15) is 0 Å². The number of unbranched alkanes of at least 4 members (excludes halogenated alkanes) is 1. The van der Waals surface area contributed by atoms with Gasteiger partial charge < -0.3 is 10.2 Å². The Morgan fingerprint density at radius 1 is 1.32 bits per heavy atom. The Bertz CT molecular complexity index is 374. The Morgan fingerprint density at radius 2 is 2.16 bits per heavy atom. The Hall–Kier alpha value is -1.09. The second-order valence-corrected chi connectivity index (χ2v) is 5.46. The fraction of sp³-hybridized carbons (Fsp3) is 0.688. The van der Waals surface area contributed by atoms with Crippen LogP contribution in [-0.2, 0) is 6.54 Å². The monoisotopic (exact) mass is 261 g/mol. The zero-order chi connectivity index (χ0) is 13.5. The molecule has 1 aromatic rings. The standard InChI is InChI=1S/C16H27N3/c1-3-5-11-19(15-6-7-15)16-8-10-18-14(12-16)13-17-9-4-2/h8,10,12,15,17H,3-7,9,11,13H2,1-2H3. The van der Waals surface area contributed by atoms with Crippen LogP contribution >= 0.6 is 0 Å². The van der Waals surface area contributed by atoms with Gasteiger partial charge in [0.2, 0.25) is 0 Å². The first kappa shape index (κ1) is 14.3. The summed E-state index contributed by atoms with van der Waals surface area (Å²) in [6.45, 7) is 7.59. The molecule has 0 amide bonds. The van der Waals surface area contributed by atoms with Gasteiger partial charge in [-0.3, -0.25) is 4.98 Å². The lowest BCUT2D eigenvalue weighted by molar-refractivity contribution is 0.662. The average molecular weight is 261 g/mol. The lowest BCUT2D eigenvalue weighted by atomic mass is 10.2. The van der Waals surface area contributed by atoms with Crippen molar-refractivity contribution in [2.75, 3.05) is 18.0 Å². The molecule has 0 aromatic carbocycles. The second-order valence-electron chi connectivity index (χ2n) is 5.46. The van der Waals surface area contributed by atoms with E-state index in [-0.39, 0.29) is 0 Å². The number of hydrogen-bond donors (Lipinski definition) is 1. The highest BCUT2D eigenvalue weighted by Gasteiger charge is 2.28. The highest BCUT2D eigenvalue weighted by Crippen LogP contribution is 2.31. The van der Waals surface area contributed by atoms with Gasteiger partial charge in [-0.1, -0.05) is 20.3 Å². The molecule has 0 saturated heterocycles. The quantitative estimate of drug-likeness (QED) is 0.691. The third kappa shape index (κ3) is 4.50. The third-order valence-corrected chi connectivity index (χ3v) is 3.60. The molecule has 1 aliphatic carbocycles. The van der Waals surface area contributed by atoms with Crippen molar-refractivity contribution in [1.82, 2.24) is 10.3 Å². The van der Waals surface area contributed by atoms with Crippen LogP contribution in [-0.4, -0.2) is 24.1 Å². The van der Waals surface area contributed by atoms with E-state index in [4.69, 9.17) is 0 Å². The molecular weight excluding hydrogens is 234 g/mol. The van der Waals surface area contributed by atoms with Crippen molar-refractivity contribution >= 4 is 5.69 Å². The van der Waals surface area contributed by atoms with Crippen LogP contribution in [0, 0.1) is 0 Å². The molecule has 1 aromatic heterocycles. The summed E-state index contributed by atoms with van der Waals surface area (Å²) >= 11 is 0. The predicted molar refractivity (Wildman–Crippen MR) is 81.5 cm³/mol. The Balaban J connectivity index is 1.98. The van der Waals surface area contributed by atoms with Crippen LogP contribution in [0.5, 0.6) is 0 Å². The van der Waals surface area contributed by atoms with Crippen LogP contribution in [0.25, 0.3) is 0 Å². The highest BCUT2D eigenvalue weighted by atomic mass is 15.2. The van der Waals surface area contributed by atoms with Crippen molar-refractivity contribution in [2.24, 2.45) is 0 Å². The van der Waals surface area contributed by atoms with Gasteiger partial charge in [0, 0.05) is 31.0 Å². The molecule has 1 fully saturated rings. The van der Waals surface area contributed by atoms with Crippen molar-refractivity contribution in [3.05, 3.63) is 24.0 Å². The molecule has 0 unspecified atom stereocenters. The van der Waals surface area contributed by atoms with Gasteiger partial charge in [0.15, 0.2) is 0 Å². The molecule has 2 rings (SSSR count). The zero-order valence-electron chi connectivity index (χ0n) is 12.4. The van der Waals surface area contributed by atoms with Crippen LogP contribution in [0.2, 0.25) is 0 Å². The number of pyridine rings is 1. The summed E-state index contributed by atoms with van der Waals surface area (Å²) in [5, 5.41) is 3.42. The van der Waals surface area contributed by atoms with Crippen molar-refractivity contribution in [1.29, 1.82) is 0 Å². The normalized spacial score (nSPS) is 14.6. The number of aromatic nitrogens is 1. The summed E-state index contributed by atoms with van der Waals surface area (Å²) in [5.41, 5.74) is 2.52. The van der Waals surface area contributed by atoms with Crippen LogP contribution in [0.15, 0.2) is 18.3 Å².